The fourth-order valence-electron chi connectivity index (χ4n) is 3.39. The Kier molecular flexibility index (Phi) is 2.96. The lowest BCUT2D eigenvalue weighted by Crippen LogP contribution is -2.35. The van der Waals surface area contributed by atoms with Crippen molar-refractivity contribution in [3.8, 4) is 0 Å². The average molecular weight is 275 g/mol. The Morgan fingerprint density at radius 3 is 2.60 bits per heavy atom. The Morgan fingerprint density at radius 2 is 2.00 bits per heavy atom. The number of rotatable bonds is 3. The van der Waals surface area contributed by atoms with Gasteiger partial charge in [0.1, 0.15) is 5.69 Å². The molecule has 1 saturated carbocycles. The largest absolute Gasteiger partial charge is 0.337 e. The Bertz CT molecular complexity index is 591. The van der Waals surface area contributed by atoms with Crippen LogP contribution in [0.25, 0.3) is 0 Å². The van der Waals surface area contributed by atoms with Crippen molar-refractivity contribution in [2.75, 3.05) is 13.1 Å². The molecule has 0 bridgehead atoms. The maximum atomic E-state index is 12.4. The molecule has 1 aromatic rings. The van der Waals surface area contributed by atoms with Gasteiger partial charge in [0.15, 0.2) is 0 Å². The molecular weight excluding hydrogens is 254 g/mol. The summed E-state index contributed by atoms with van der Waals surface area (Å²) >= 11 is 0. The van der Waals surface area contributed by atoms with Crippen LogP contribution in [0.3, 0.4) is 0 Å². The fourth-order valence-corrected chi connectivity index (χ4v) is 3.39. The van der Waals surface area contributed by atoms with Crippen molar-refractivity contribution in [2.45, 2.75) is 33.7 Å². The highest BCUT2D eigenvalue weighted by atomic mass is 16.2. The zero-order valence-corrected chi connectivity index (χ0v) is 12.3. The third-order valence-corrected chi connectivity index (χ3v) is 4.93. The molecule has 5 heteroatoms. The lowest BCUT2D eigenvalue weighted by Gasteiger charge is -2.21. The Morgan fingerprint density at radius 1 is 1.35 bits per heavy atom. The van der Waals surface area contributed by atoms with E-state index in [0.29, 0.717) is 29.5 Å². The minimum atomic E-state index is -0.145. The molecule has 2 unspecified atom stereocenters. The zero-order valence-electron chi connectivity index (χ0n) is 12.3. The Hall–Kier alpha value is -1.65. The SMILES string of the molecule is CCCn1nc(C(=O)N2CC3C(C2)C3(C)C)ccc1=O. The second-order valence-electron chi connectivity index (χ2n) is 6.52. The van der Waals surface area contributed by atoms with E-state index >= 15 is 0 Å². The number of piperidine rings is 1. The van der Waals surface area contributed by atoms with Gasteiger partial charge in [0.2, 0.25) is 0 Å². The molecule has 1 aliphatic heterocycles. The number of aromatic nitrogens is 2. The van der Waals surface area contributed by atoms with Gasteiger partial charge < -0.3 is 4.90 Å². The molecule has 108 valence electrons. The standard InChI is InChI=1S/C15H21N3O2/c1-4-7-18-13(19)6-5-12(16-18)14(20)17-8-10-11(9-17)15(10,2)3/h5-6,10-11H,4,7-9H2,1-3H3. The summed E-state index contributed by atoms with van der Waals surface area (Å²) in [4.78, 5) is 25.9. The van der Waals surface area contributed by atoms with Crippen LogP contribution in [0.5, 0.6) is 0 Å². The van der Waals surface area contributed by atoms with Crippen LogP contribution in [-0.2, 0) is 6.54 Å². The van der Waals surface area contributed by atoms with E-state index in [4.69, 9.17) is 0 Å². The molecule has 1 aliphatic carbocycles. The molecule has 0 radical (unpaired) electrons. The fraction of sp³-hybridized carbons (Fsp3) is 0.667. The van der Waals surface area contributed by atoms with Crippen LogP contribution in [0.1, 0.15) is 37.7 Å². The minimum absolute atomic E-state index is 0.0437. The molecule has 0 spiro atoms. The summed E-state index contributed by atoms with van der Waals surface area (Å²) < 4.78 is 1.38. The second-order valence-corrected chi connectivity index (χ2v) is 6.52. The summed E-state index contributed by atoms with van der Waals surface area (Å²) in [6.45, 7) is 8.72. The van der Waals surface area contributed by atoms with E-state index in [2.05, 4.69) is 18.9 Å². The Labute approximate surface area is 118 Å². The molecule has 1 aromatic heterocycles. The summed E-state index contributed by atoms with van der Waals surface area (Å²) in [6, 6.07) is 2.99. The highest BCUT2D eigenvalue weighted by molar-refractivity contribution is 5.92. The van der Waals surface area contributed by atoms with Gasteiger partial charge in [-0.2, -0.15) is 5.10 Å². The molecule has 5 nitrogen and oxygen atoms in total. The van der Waals surface area contributed by atoms with Gasteiger partial charge in [-0.05, 0) is 29.7 Å². The molecule has 2 heterocycles. The topological polar surface area (TPSA) is 55.2 Å². The molecular formula is C15H21N3O2. The third kappa shape index (κ3) is 1.96. The number of fused-ring (bicyclic) bond motifs is 1. The first-order chi connectivity index (χ1) is 9.45. The maximum absolute atomic E-state index is 12.4. The molecule has 1 amide bonds. The van der Waals surface area contributed by atoms with Crippen LogP contribution < -0.4 is 5.56 Å². The van der Waals surface area contributed by atoms with Crippen molar-refractivity contribution in [2.24, 2.45) is 17.3 Å². The van der Waals surface area contributed by atoms with Crippen molar-refractivity contribution in [1.29, 1.82) is 0 Å². The van der Waals surface area contributed by atoms with Gasteiger partial charge in [0, 0.05) is 25.7 Å². The zero-order chi connectivity index (χ0) is 14.5. The molecule has 2 aliphatic rings. The van der Waals surface area contributed by atoms with Gasteiger partial charge in [-0.3, -0.25) is 9.59 Å². The van der Waals surface area contributed by atoms with Crippen molar-refractivity contribution in [3.63, 3.8) is 0 Å². The molecule has 3 rings (SSSR count). The van der Waals surface area contributed by atoms with E-state index in [1.165, 1.54) is 10.7 Å². The molecule has 0 N–H and O–H groups in total. The van der Waals surface area contributed by atoms with Crippen LogP contribution in [0.15, 0.2) is 16.9 Å². The van der Waals surface area contributed by atoms with Crippen LogP contribution in [0.2, 0.25) is 0 Å². The Balaban J connectivity index is 1.76. The highest BCUT2D eigenvalue weighted by Crippen LogP contribution is 2.61. The number of hydrogen-bond donors (Lipinski definition) is 0. The summed E-state index contributed by atoms with van der Waals surface area (Å²) in [5.74, 6) is 1.22. The molecule has 1 saturated heterocycles. The molecule has 0 aromatic carbocycles. The summed E-state index contributed by atoms with van der Waals surface area (Å²) in [5.41, 5.74) is 0.636. The van der Waals surface area contributed by atoms with E-state index < -0.39 is 0 Å². The van der Waals surface area contributed by atoms with Gasteiger partial charge in [-0.1, -0.05) is 20.8 Å². The van der Waals surface area contributed by atoms with E-state index in [1.54, 1.807) is 6.07 Å². The first-order valence-corrected chi connectivity index (χ1v) is 7.32. The lowest BCUT2D eigenvalue weighted by atomic mass is 10.1. The summed E-state index contributed by atoms with van der Waals surface area (Å²) in [6.07, 6.45) is 0.826. The number of carbonyl (C=O) groups is 1. The smallest absolute Gasteiger partial charge is 0.274 e. The van der Waals surface area contributed by atoms with E-state index in [0.717, 1.165) is 19.5 Å². The van der Waals surface area contributed by atoms with Crippen LogP contribution >= 0.6 is 0 Å². The number of carbonyl (C=O) groups excluding carboxylic acids is 1. The van der Waals surface area contributed by atoms with E-state index in [9.17, 15) is 9.59 Å². The molecule has 20 heavy (non-hydrogen) atoms. The number of amides is 1. The number of aryl methyl sites for hydroxylation is 1. The normalized spacial score (nSPS) is 26.4. The average Bonchev–Trinajstić information content (AvgIpc) is 2.81. The van der Waals surface area contributed by atoms with Crippen LogP contribution in [0.4, 0.5) is 0 Å². The van der Waals surface area contributed by atoms with Gasteiger partial charge >= 0.3 is 0 Å². The molecule has 2 atom stereocenters. The van der Waals surface area contributed by atoms with Crippen molar-refractivity contribution < 1.29 is 4.79 Å². The van der Waals surface area contributed by atoms with Crippen LogP contribution in [0, 0.1) is 17.3 Å². The summed E-state index contributed by atoms with van der Waals surface area (Å²) in [7, 11) is 0. The van der Waals surface area contributed by atoms with Crippen molar-refractivity contribution in [1.82, 2.24) is 14.7 Å². The maximum Gasteiger partial charge on any atom is 0.274 e. The quantitative estimate of drug-likeness (QED) is 0.837. The number of likely N-dealkylation sites (tertiary alicyclic amines) is 1. The number of hydrogen-bond acceptors (Lipinski definition) is 3. The monoisotopic (exact) mass is 275 g/mol. The van der Waals surface area contributed by atoms with Gasteiger partial charge in [0.05, 0.1) is 0 Å². The predicted molar refractivity (Wildman–Crippen MR) is 75.5 cm³/mol. The van der Waals surface area contributed by atoms with Crippen molar-refractivity contribution in [3.05, 3.63) is 28.2 Å². The first-order valence-electron chi connectivity index (χ1n) is 7.32. The van der Waals surface area contributed by atoms with Gasteiger partial charge in [-0.15, -0.1) is 0 Å². The second kappa shape index (κ2) is 4.43. The first kappa shape index (κ1) is 13.3. The predicted octanol–water partition coefficient (Wildman–Crippen LogP) is 1.38. The van der Waals surface area contributed by atoms with Crippen molar-refractivity contribution >= 4 is 5.91 Å². The van der Waals surface area contributed by atoms with Gasteiger partial charge in [-0.25, -0.2) is 4.68 Å². The van der Waals surface area contributed by atoms with Gasteiger partial charge in [0.25, 0.3) is 11.5 Å². The summed E-state index contributed by atoms with van der Waals surface area (Å²) in [5, 5.41) is 4.20. The minimum Gasteiger partial charge on any atom is -0.337 e. The molecule has 2 fully saturated rings. The van der Waals surface area contributed by atoms with Crippen LogP contribution in [-0.4, -0.2) is 33.7 Å². The third-order valence-electron chi connectivity index (χ3n) is 4.93. The van der Waals surface area contributed by atoms with E-state index in [-0.39, 0.29) is 11.5 Å². The number of nitrogens with zero attached hydrogens (tertiary/aromatic N) is 3. The highest BCUT2D eigenvalue weighted by Gasteiger charge is 2.62. The lowest BCUT2D eigenvalue weighted by molar-refractivity contribution is 0.0749. The van der Waals surface area contributed by atoms with E-state index in [1.807, 2.05) is 11.8 Å².